The Balaban J connectivity index is 2.52. The van der Waals surface area contributed by atoms with Crippen molar-refractivity contribution in [3.63, 3.8) is 0 Å². The van der Waals surface area contributed by atoms with Gasteiger partial charge in [0, 0.05) is 6.04 Å². The van der Waals surface area contributed by atoms with Crippen LogP contribution >= 0.6 is 11.6 Å². The zero-order valence-corrected chi connectivity index (χ0v) is 12.2. The maximum atomic E-state index is 11.5. The van der Waals surface area contributed by atoms with Gasteiger partial charge in [-0.1, -0.05) is 6.92 Å². The van der Waals surface area contributed by atoms with Crippen molar-refractivity contribution < 1.29 is 14.8 Å². The predicted octanol–water partition coefficient (Wildman–Crippen LogP) is 2.26. The fraction of sp³-hybridized carbons (Fsp3) is 0.583. The Hall–Kier alpha value is -1.96. The number of carboxylic acid groups (broad SMARTS) is 1. The van der Waals surface area contributed by atoms with E-state index in [9.17, 15) is 20.0 Å². The average Bonchev–Trinajstić information content (AvgIpc) is 2.35. The number of hydrogen-bond acceptors (Lipinski definition) is 6. The number of nitro groups is 1. The summed E-state index contributed by atoms with van der Waals surface area (Å²) in [5, 5.41) is 20.4. The molecule has 1 fully saturated rings. The largest absolute Gasteiger partial charge is 0.480 e. The number of halogens is 1. The van der Waals surface area contributed by atoms with Gasteiger partial charge in [-0.3, -0.25) is 10.1 Å². The highest BCUT2D eigenvalue weighted by molar-refractivity contribution is 6.28. The molecule has 1 heterocycles. The second kappa shape index (κ2) is 6.21. The molecule has 21 heavy (non-hydrogen) atoms. The first-order valence-electron chi connectivity index (χ1n) is 6.63. The van der Waals surface area contributed by atoms with Crippen molar-refractivity contribution in [2.75, 3.05) is 4.90 Å². The summed E-state index contributed by atoms with van der Waals surface area (Å²) in [7, 11) is 0. The van der Waals surface area contributed by atoms with Crippen LogP contribution in [0.2, 0.25) is 5.28 Å². The molecule has 1 saturated carbocycles. The van der Waals surface area contributed by atoms with E-state index in [0.717, 1.165) is 25.5 Å². The normalized spacial score (nSPS) is 16.1. The third-order valence-corrected chi connectivity index (χ3v) is 3.82. The summed E-state index contributed by atoms with van der Waals surface area (Å²) in [6.45, 7) is 1.72. The summed E-state index contributed by atoms with van der Waals surface area (Å²) in [6.07, 6.45) is 3.85. The first-order valence-corrected chi connectivity index (χ1v) is 7.01. The first-order chi connectivity index (χ1) is 9.95. The van der Waals surface area contributed by atoms with Crippen molar-refractivity contribution in [2.45, 2.75) is 44.7 Å². The molecular weight excluding hydrogens is 300 g/mol. The highest BCUT2D eigenvalue weighted by Gasteiger charge is 2.38. The highest BCUT2D eigenvalue weighted by atomic mass is 35.5. The van der Waals surface area contributed by atoms with Crippen LogP contribution < -0.4 is 4.90 Å². The predicted molar refractivity (Wildman–Crippen MR) is 75.5 cm³/mol. The number of anilines is 1. The van der Waals surface area contributed by atoms with Gasteiger partial charge in [-0.2, -0.15) is 4.98 Å². The van der Waals surface area contributed by atoms with Crippen LogP contribution in [0.1, 0.15) is 32.6 Å². The van der Waals surface area contributed by atoms with Crippen molar-refractivity contribution in [1.82, 2.24) is 9.97 Å². The number of nitrogens with zero attached hydrogens (tertiary/aromatic N) is 4. The van der Waals surface area contributed by atoms with Crippen LogP contribution in [0.4, 0.5) is 11.5 Å². The second-order valence-electron chi connectivity index (χ2n) is 4.86. The lowest BCUT2D eigenvalue weighted by Crippen LogP contribution is -2.51. The van der Waals surface area contributed by atoms with Gasteiger partial charge in [0.05, 0.1) is 4.92 Å². The molecule has 0 saturated heterocycles. The van der Waals surface area contributed by atoms with Crippen LogP contribution in [0.15, 0.2) is 6.20 Å². The minimum absolute atomic E-state index is 0.0149. The van der Waals surface area contributed by atoms with Crippen LogP contribution in [-0.4, -0.2) is 38.1 Å². The molecule has 9 heteroatoms. The van der Waals surface area contributed by atoms with Gasteiger partial charge in [0.15, 0.2) is 0 Å². The third-order valence-electron chi connectivity index (χ3n) is 3.64. The van der Waals surface area contributed by atoms with E-state index >= 15 is 0 Å². The van der Waals surface area contributed by atoms with Crippen molar-refractivity contribution in [2.24, 2.45) is 0 Å². The summed E-state index contributed by atoms with van der Waals surface area (Å²) >= 11 is 5.74. The molecule has 114 valence electrons. The van der Waals surface area contributed by atoms with Gasteiger partial charge in [-0.25, -0.2) is 9.78 Å². The topological polar surface area (TPSA) is 109 Å². The molecule has 1 aromatic rings. The fourth-order valence-corrected chi connectivity index (χ4v) is 2.52. The zero-order chi connectivity index (χ0) is 15.6. The van der Waals surface area contributed by atoms with Crippen molar-refractivity contribution in [3.05, 3.63) is 21.6 Å². The quantitative estimate of drug-likeness (QED) is 0.487. The van der Waals surface area contributed by atoms with E-state index in [0.29, 0.717) is 6.42 Å². The molecule has 0 spiro atoms. The molecule has 0 amide bonds. The number of hydrogen-bond donors (Lipinski definition) is 1. The molecule has 1 unspecified atom stereocenters. The van der Waals surface area contributed by atoms with Crippen LogP contribution in [0.3, 0.4) is 0 Å². The van der Waals surface area contributed by atoms with Gasteiger partial charge in [0.1, 0.15) is 12.2 Å². The second-order valence-corrected chi connectivity index (χ2v) is 5.20. The fourth-order valence-electron chi connectivity index (χ4n) is 2.39. The van der Waals surface area contributed by atoms with Crippen LogP contribution in [-0.2, 0) is 4.79 Å². The van der Waals surface area contributed by atoms with Crippen molar-refractivity contribution >= 4 is 29.1 Å². The summed E-state index contributed by atoms with van der Waals surface area (Å²) in [4.78, 5) is 31.1. The zero-order valence-electron chi connectivity index (χ0n) is 11.4. The lowest BCUT2D eigenvalue weighted by Gasteiger charge is -2.41. The Morgan fingerprint density at radius 2 is 2.33 bits per heavy atom. The lowest BCUT2D eigenvalue weighted by atomic mass is 9.89. The van der Waals surface area contributed by atoms with Gasteiger partial charge < -0.3 is 10.0 Å². The Kier molecular flexibility index (Phi) is 4.56. The molecule has 2 rings (SSSR count). The van der Waals surface area contributed by atoms with Crippen LogP contribution in [0, 0.1) is 10.1 Å². The standard InChI is InChI=1S/C12H15ClN4O4/c1-2-8(11(18)19)16(7-4-3-5-7)10-9(17(20)21)6-14-12(13)15-10/h6-8H,2-5H2,1H3,(H,18,19). The van der Waals surface area contributed by atoms with E-state index in [1.807, 2.05) is 0 Å². The smallest absolute Gasteiger partial charge is 0.329 e. The van der Waals surface area contributed by atoms with Gasteiger partial charge in [-0.15, -0.1) is 0 Å². The Labute approximate surface area is 125 Å². The third kappa shape index (κ3) is 3.05. The van der Waals surface area contributed by atoms with E-state index in [4.69, 9.17) is 11.6 Å². The van der Waals surface area contributed by atoms with Gasteiger partial charge in [-0.05, 0) is 37.3 Å². The molecule has 0 radical (unpaired) electrons. The summed E-state index contributed by atoms with van der Waals surface area (Å²) in [5.41, 5.74) is -0.328. The molecular formula is C12H15ClN4O4. The summed E-state index contributed by atoms with van der Waals surface area (Å²) in [5.74, 6) is -1.05. The Bertz CT molecular complexity index is 564. The van der Waals surface area contributed by atoms with Gasteiger partial charge in [0.25, 0.3) is 0 Å². The molecule has 0 bridgehead atoms. The minimum Gasteiger partial charge on any atom is -0.480 e. The maximum absolute atomic E-state index is 11.5. The minimum atomic E-state index is -1.03. The molecule has 1 aliphatic carbocycles. The van der Waals surface area contributed by atoms with Crippen LogP contribution in [0.25, 0.3) is 0 Å². The lowest BCUT2D eigenvalue weighted by molar-refractivity contribution is -0.384. The van der Waals surface area contributed by atoms with Gasteiger partial charge >= 0.3 is 11.7 Å². The summed E-state index contributed by atoms with van der Waals surface area (Å²) < 4.78 is 0. The SMILES string of the molecule is CCC(C(=O)O)N(c1nc(Cl)ncc1[N+](=O)[O-])C1CCC1. The number of aliphatic carboxylic acids is 1. The van der Waals surface area contributed by atoms with Gasteiger partial charge in [0.2, 0.25) is 11.1 Å². The maximum Gasteiger partial charge on any atom is 0.329 e. The summed E-state index contributed by atoms with van der Waals surface area (Å²) in [6, 6.07) is -0.948. The number of carboxylic acids is 1. The number of carbonyl (C=O) groups is 1. The molecule has 1 aromatic heterocycles. The van der Waals surface area contributed by atoms with Crippen molar-refractivity contribution in [3.8, 4) is 0 Å². The van der Waals surface area contributed by atoms with Crippen molar-refractivity contribution in [1.29, 1.82) is 0 Å². The molecule has 1 atom stereocenters. The van der Waals surface area contributed by atoms with E-state index in [1.165, 1.54) is 4.90 Å². The highest BCUT2D eigenvalue weighted by Crippen LogP contribution is 2.36. The Morgan fingerprint density at radius 3 is 2.76 bits per heavy atom. The molecule has 1 N–H and O–H groups in total. The first kappa shape index (κ1) is 15.4. The van der Waals surface area contributed by atoms with E-state index < -0.39 is 16.9 Å². The average molecular weight is 315 g/mol. The molecule has 0 aromatic carbocycles. The van der Waals surface area contributed by atoms with Crippen LogP contribution in [0.5, 0.6) is 0 Å². The number of rotatable bonds is 6. The molecule has 0 aliphatic heterocycles. The Morgan fingerprint density at radius 1 is 1.67 bits per heavy atom. The molecule has 1 aliphatic rings. The van der Waals surface area contributed by atoms with E-state index in [1.54, 1.807) is 6.92 Å². The monoisotopic (exact) mass is 314 g/mol. The molecule has 8 nitrogen and oxygen atoms in total. The van der Waals surface area contributed by atoms with E-state index in [2.05, 4.69) is 9.97 Å². The number of aromatic nitrogens is 2. The van der Waals surface area contributed by atoms with E-state index in [-0.39, 0.29) is 22.8 Å².